The molecule has 1 aromatic carbocycles. The third-order valence-corrected chi connectivity index (χ3v) is 4.73. The molecule has 16 heavy (non-hydrogen) atoms. The zero-order valence-electron chi connectivity index (χ0n) is 9.81. The molecule has 0 aliphatic rings. The van der Waals surface area contributed by atoms with Crippen LogP contribution in [0.3, 0.4) is 0 Å². The van der Waals surface area contributed by atoms with Gasteiger partial charge >= 0.3 is 0 Å². The van der Waals surface area contributed by atoms with Crippen LogP contribution in [0.1, 0.15) is 50.7 Å². The largest absolute Gasteiger partial charge is 0.504 e. The summed E-state index contributed by atoms with van der Waals surface area (Å²) in [5, 5.41) is 20.0. The molecule has 0 radical (unpaired) electrons. The van der Waals surface area contributed by atoms with Gasteiger partial charge in [0.15, 0.2) is 11.5 Å². The van der Waals surface area contributed by atoms with Crippen LogP contribution in [0, 0.1) is 0 Å². The lowest BCUT2D eigenvalue weighted by atomic mass is 9.95. The first-order chi connectivity index (χ1) is 7.29. The molecular formula is C12H16Br2O2. The van der Waals surface area contributed by atoms with E-state index in [4.69, 9.17) is 0 Å². The molecule has 0 unspecified atom stereocenters. The normalized spacial score (nSPS) is 11.5. The van der Waals surface area contributed by atoms with Crippen LogP contribution in [0.4, 0.5) is 0 Å². The lowest BCUT2D eigenvalue weighted by Gasteiger charge is -2.19. The molecule has 4 heteroatoms. The molecule has 0 saturated carbocycles. The van der Waals surface area contributed by atoms with Gasteiger partial charge in [0.05, 0.1) is 0 Å². The van der Waals surface area contributed by atoms with E-state index >= 15 is 0 Å². The fourth-order valence-electron chi connectivity index (χ4n) is 1.75. The van der Waals surface area contributed by atoms with E-state index in [1.165, 1.54) is 0 Å². The van der Waals surface area contributed by atoms with Crippen molar-refractivity contribution in [1.29, 1.82) is 0 Å². The molecule has 0 spiro atoms. The second kappa shape index (κ2) is 4.96. The fraction of sp³-hybridized carbons (Fsp3) is 0.500. The molecule has 0 amide bonds. The van der Waals surface area contributed by atoms with Crippen molar-refractivity contribution >= 4 is 31.9 Å². The summed E-state index contributed by atoms with van der Waals surface area (Å²) < 4.78 is 1.64. The standard InChI is InChI=1S/C12H16Br2O2/c1-5(2)7-9(13)10(14)8(6(3)4)12(16)11(7)15/h5-6,15-16H,1-4H3. The Morgan fingerprint density at radius 1 is 0.750 bits per heavy atom. The highest BCUT2D eigenvalue weighted by Gasteiger charge is 2.23. The minimum absolute atomic E-state index is 0.0197. The molecular weight excluding hydrogens is 336 g/mol. The zero-order valence-corrected chi connectivity index (χ0v) is 13.0. The predicted octanol–water partition coefficient (Wildman–Crippen LogP) is 4.87. The first-order valence-corrected chi connectivity index (χ1v) is 6.80. The molecule has 1 aromatic rings. The van der Waals surface area contributed by atoms with E-state index in [2.05, 4.69) is 31.9 Å². The van der Waals surface area contributed by atoms with Crippen molar-refractivity contribution in [2.45, 2.75) is 39.5 Å². The highest BCUT2D eigenvalue weighted by molar-refractivity contribution is 9.13. The number of aromatic hydroxyl groups is 2. The average Bonchev–Trinajstić information content (AvgIpc) is 2.14. The smallest absolute Gasteiger partial charge is 0.162 e. The Labute approximate surface area is 113 Å². The van der Waals surface area contributed by atoms with Crippen LogP contribution < -0.4 is 0 Å². The Bertz CT molecular complexity index is 344. The molecule has 0 saturated heterocycles. The van der Waals surface area contributed by atoms with E-state index in [1.807, 2.05) is 27.7 Å². The molecule has 0 heterocycles. The molecule has 2 N–H and O–H groups in total. The SMILES string of the molecule is CC(C)c1c(O)c(O)c(C(C)C)c(Br)c1Br. The molecule has 0 aromatic heterocycles. The van der Waals surface area contributed by atoms with Gasteiger partial charge in [0.25, 0.3) is 0 Å². The quantitative estimate of drug-likeness (QED) is 0.746. The van der Waals surface area contributed by atoms with Gasteiger partial charge in [-0.1, -0.05) is 27.7 Å². The van der Waals surface area contributed by atoms with Gasteiger partial charge in [0, 0.05) is 20.1 Å². The topological polar surface area (TPSA) is 40.5 Å². The summed E-state index contributed by atoms with van der Waals surface area (Å²) in [5.41, 5.74) is 1.46. The van der Waals surface area contributed by atoms with Crippen molar-refractivity contribution in [3.05, 3.63) is 20.1 Å². The van der Waals surface area contributed by atoms with E-state index < -0.39 is 0 Å². The summed E-state index contributed by atoms with van der Waals surface area (Å²) in [6, 6.07) is 0. The molecule has 2 nitrogen and oxygen atoms in total. The van der Waals surface area contributed by atoms with Gasteiger partial charge in [0.1, 0.15) is 0 Å². The number of rotatable bonds is 2. The van der Waals surface area contributed by atoms with Crippen molar-refractivity contribution in [2.75, 3.05) is 0 Å². The molecule has 0 atom stereocenters. The van der Waals surface area contributed by atoms with E-state index in [1.54, 1.807) is 0 Å². The van der Waals surface area contributed by atoms with Crippen molar-refractivity contribution in [1.82, 2.24) is 0 Å². The number of benzene rings is 1. The van der Waals surface area contributed by atoms with Crippen molar-refractivity contribution in [3.8, 4) is 11.5 Å². The predicted molar refractivity (Wildman–Crippen MR) is 73.3 cm³/mol. The van der Waals surface area contributed by atoms with Crippen LogP contribution >= 0.6 is 31.9 Å². The summed E-state index contributed by atoms with van der Waals surface area (Å²) in [6.07, 6.45) is 0. The fourth-order valence-corrected chi connectivity index (χ4v) is 3.47. The molecule has 0 bridgehead atoms. The minimum atomic E-state index is -0.0197. The van der Waals surface area contributed by atoms with Gasteiger partial charge in [0.2, 0.25) is 0 Å². The molecule has 0 aliphatic heterocycles. The van der Waals surface area contributed by atoms with Gasteiger partial charge in [-0.3, -0.25) is 0 Å². The molecule has 0 aliphatic carbocycles. The summed E-state index contributed by atoms with van der Waals surface area (Å²) in [6.45, 7) is 7.89. The Hall–Kier alpha value is -0.220. The number of phenols is 2. The summed E-state index contributed by atoms with van der Waals surface area (Å²) in [4.78, 5) is 0. The average molecular weight is 352 g/mol. The highest BCUT2D eigenvalue weighted by atomic mass is 79.9. The first-order valence-electron chi connectivity index (χ1n) is 5.21. The number of halogens is 2. The van der Waals surface area contributed by atoms with Gasteiger partial charge < -0.3 is 10.2 Å². The Morgan fingerprint density at radius 3 is 1.19 bits per heavy atom. The second-order valence-electron chi connectivity index (χ2n) is 4.46. The highest BCUT2D eigenvalue weighted by Crippen LogP contribution is 2.49. The van der Waals surface area contributed by atoms with Gasteiger partial charge in [-0.05, 0) is 43.7 Å². The zero-order chi connectivity index (χ0) is 12.6. The van der Waals surface area contributed by atoms with Crippen LogP contribution in [0.15, 0.2) is 8.95 Å². The maximum Gasteiger partial charge on any atom is 0.162 e. The maximum atomic E-state index is 10.0. The number of phenolic OH excluding ortho intramolecular Hbond substituents is 2. The van der Waals surface area contributed by atoms with Crippen LogP contribution in [0.5, 0.6) is 11.5 Å². The second-order valence-corrected chi connectivity index (χ2v) is 6.05. The summed E-state index contributed by atoms with van der Waals surface area (Å²) in [7, 11) is 0. The van der Waals surface area contributed by atoms with E-state index in [9.17, 15) is 10.2 Å². The number of hydrogen-bond donors (Lipinski definition) is 2. The van der Waals surface area contributed by atoms with E-state index in [0.29, 0.717) is 0 Å². The lowest BCUT2D eigenvalue weighted by Crippen LogP contribution is -1.98. The van der Waals surface area contributed by atoms with Crippen LogP contribution in [-0.2, 0) is 0 Å². The third-order valence-electron chi connectivity index (χ3n) is 2.55. The monoisotopic (exact) mass is 350 g/mol. The Kier molecular flexibility index (Phi) is 4.29. The van der Waals surface area contributed by atoms with Crippen molar-refractivity contribution in [3.63, 3.8) is 0 Å². The van der Waals surface area contributed by atoms with Crippen molar-refractivity contribution < 1.29 is 10.2 Å². The lowest BCUT2D eigenvalue weighted by molar-refractivity contribution is 0.390. The number of hydrogen-bond acceptors (Lipinski definition) is 2. The summed E-state index contributed by atoms with van der Waals surface area (Å²) in [5.74, 6) is 0.234. The van der Waals surface area contributed by atoms with E-state index in [0.717, 1.165) is 20.1 Å². The van der Waals surface area contributed by atoms with E-state index in [-0.39, 0.29) is 23.3 Å². The van der Waals surface area contributed by atoms with Gasteiger partial charge in [-0.15, -0.1) is 0 Å². The van der Waals surface area contributed by atoms with Crippen LogP contribution in [-0.4, -0.2) is 10.2 Å². The van der Waals surface area contributed by atoms with Crippen molar-refractivity contribution in [2.24, 2.45) is 0 Å². The minimum Gasteiger partial charge on any atom is -0.504 e. The first kappa shape index (κ1) is 13.8. The van der Waals surface area contributed by atoms with Crippen LogP contribution in [0.25, 0.3) is 0 Å². The molecule has 90 valence electrons. The van der Waals surface area contributed by atoms with Gasteiger partial charge in [-0.25, -0.2) is 0 Å². The van der Waals surface area contributed by atoms with Crippen LogP contribution in [0.2, 0.25) is 0 Å². The Morgan fingerprint density at radius 2 is 1.00 bits per heavy atom. The third kappa shape index (κ3) is 2.23. The molecule has 0 fully saturated rings. The summed E-state index contributed by atoms with van der Waals surface area (Å²) >= 11 is 6.93. The molecule has 1 rings (SSSR count). The Balaban J connectivity index is 3.63. The maximum absolute atomic E-state index is 10.0. The van der Waals surface area contributed by atoms with Gasteiger partial charge in [-0.2, -0.15) is 0 Å².